The van der Waals surface area contributed by atoms with Crippen molar-refractivity contribution in [2.45, 2.75) is 12.8 Å². The molecule has 0 saturated heterocycles. The highest BCUT2D eigenvalue weighted by atomic mass is 32.1. The molecule has 4 nitrogen and oxygen atoms in total. The molecule has 0 bridgehead atoms. The van der Waals surface area contributed by atoms with Gasteiger partial charge in [0.25, 0.3) is 0 Å². The molecule has 0 unspecified atom stereocenters. The van der Waals surface area contributed by atoms with Crippen LogP contribution in [0.3, 0.4) is 0 Å². The normalized spacial score (nSPS) is 12.1. The van der Waals surface area contributed by atoms with Crippen molar-refractivity contribution in [1.29, 1.82) is 0 Å². The molecule has 16 heavy (non-hydrogen) atoms. The van der Waals surface area contributed by atoms with Gasteiger partial charge in [0.2, 0.25) is 5.91 Å². The number of amides is 1. The van der Waals surface area contributed by atoms with Crippen LogP contribution in [0.15, 0.2) is 36.1 Å². The summed E-state index contributed by atoms with van der Waals surface area (Å²) < 4.78 is 0. The Balaban J connectivity index is 2.04. The van der Waals surface area contributed by atoms with E-state index in [9.17, 15) is 4.79 Å². The minimum atomic E-state index is -0.165. The number of nitrogens with one attached hydrogen (secondary N) is 1. The average molecular weight is 233 g/mol. The van der Waals surface area contributed by atoms with Gasteiger partial charge in [-0.15, -0.1) is 11.3 Å². The van der Waals surface area contributed by atoms with E-state index in [1.54, 1.807) is 23.7 Å². The van der Waals surface area contributed by atoms with E-state index in [2.05, 4.69) is 15.3 Å². The highest BCUT2D eigenvalue weighted by Crippen LogP contribution is 2.21. The van der Waals surface area contributed by atoms with Crippen LogP contribution in [-0.4, -0.2) is 15.9 Å². The number of thiophene rings is 1. The summed E-state index contributed by atoms with van der Waals surface area (Å²) in [7, 11) is 0. The summed E-state index contributed by atoms with van der Waals surface area (Å²) in [6.45, 7) is 1.87. The largest absolute Gasteiger partial charge is 0.309 e. The van der Waals surface area contributed by atoms with E-state index in [4.69, 9.17) is 0 Å². The van der Waals surface area contributed by atoms with Crippen LogP contribution in [0.5, 0.6) is 0 Å². The maximum absolute atomic E-state index is 11.8. The second kappa shape index (κ2) is 4.85. The molecule has 2 aromatic heterocycles. The molecule has 0 aliphatic rings. The van der Waals surface area contributed by atoms with Crippen LogP contribution < -0.4 is 5.32 Å². The van der Waals surface area contributed by atoms with Gasteiger partial charge in [-0.25, -0.2) is 4.98 Å². The third-order valence-corrected chi connectivity index (χ3v) is 3.23. The van der Waals surface area contributed by atoms with E-state index in [1.807, 2.05) is 24.4 Å². The van der Waals surface area contributed by atoms with Gasteiger partial charge in [-0.05, 0) is 18.4 Å². The summed E-state index contributed by atoms with van der Waals surface area (Å²) in [5, 5.41) is 4.68. The Morgan fingerprint density at radius 3 is 3.00 bits per heavy atom. The Hall–Kier alpha value is -1.75. The molecule has 1 N–H and O–H groups in total. The standard InChI is InChI=1S/C11H11N3OS/c1-8(9-3-2-6-16-9)11(15)14-10-7-12-4-5-13-10/h2-8H,1H3,(H,13,14,15)/t8-/m0/s1. The molecular formula is C11H11N3OS. The number of aromatic nitrogens is 2. The lowest BCUT2D eigenvalue weighted by molar-refractivity contribution is -0.117. The molecule has 2 heterocycles. The molecular weight excluding hydrogens is 222 g/mol. The summed E-state index contributed by atoms with van der Waals surface area (Å²) in [4.78, 5) is 20.8. The summed E-state index contributed by atoms with van der Waals surface area (Å²) in [6, 6.07) is 3.89. The molecule has 2 rings (SSSR count). The van der Waals surface area contributed by atoms with Crippen LogP contribution in [0.4, 0.5) is 5.82 Å². The first-order chi connectivity index (χ1) is 7.77. The molecule has 0 spiro atoms. The molecule has 0 aliphatic carbocycles. The molecule has 0 fully saturated rings. The fraction of sp³-hybridized carbons (Fsp3) is 0.182. The van der Waals surface area contributed by atoms with Crippen molar-refractivity contribution in [3.63, 3.8) is 0 Å². The van der Waals surface area contributed by atoms with E-state index in [1.165, 1.54) is 6.20 Å². The molecule has 0 aromatic carbocycles. The van der Waals surface area contributed by atoms with Crippen LogP contribution in [0, 0.1) is 0 Å². The fourth-order valence-corrected chi connectivity index (χ4v) is 2.05. The Labute approximate surface area is 97.4 Å². The smallest absolute Gasteiger partial charge is 0.233 e. The average Bonchev–Trinajstić information content (AvgIpc) is 2.83. The first-order valence-corrected chi connectivity index (χ1v) is 5.75. The second-order valence-corrected chi connectivity index (χ2v) is 4.30. The van der Waals surface area contributed by atoms with Crippen molar-refractivity contribution in [2.24, 2.45) is 0 Å². The summed E-state index contributed by atoms with van der Waals surface area (Å²) in [5.74, 6) is 0.251. The maximum atomic E-state index is 11.8. The number of anilines is 1. The van der Waals surface area contributed by atoms with Gasteiger partial charge in [0, 0.05) is 17.3 Å². The van der Waals surface area contributed by atoms with E-state index in [-0.39, 0.29) is 11.8 Å². The van der Waals surface area contributed by atoms with Crippen LogP contribution in [0.1, 0.15) is 17.7 Å². The molecule has 1 atom stereocenters. The Morgan fingerprint density at radius 2 is 2.38 bits per heavy atom. The number of rotatable bonds is 3. The van der Waals surface area contributed by atoms with Gasteiger partial charge < -0.3 is 5.32 Å². The monoisotopic (exact) mass is 233 g/mol. The topological polar surface area (TPSA) is 54.9 Å². The lowest BCUT2D eigenvalue weighted by Gasteiger charge is -2.09. The van der Waals surface area contributed by atoms with E-state index in [0.717, 1.165) is 4.88 Å². The van der Waals surface area contributed by atoms with Gasteiger partial charge in [0.1, 0.15) is 0 Å². The van der Waals surface area contributed by atoms with E-state index >= 15 is 0 Å². The molecule has 2 aromatic rings. The van der Waals surface area contributed by atoms with Gasteiger partial charge in [-0.1, -0.05) is 6.07 Å². The molecule has 0 saturated carbocycles. The highest BCUT2D eigenvalue weighted by molar-refractivity contribution is 7.10. The highest BCUT2D eigenvalue weighted by Gasteiger charge is 2.16. The van der Waals surface area contributed by atoms with Crippen molar-refractivity contribution < 1.29 is 4.79 Å². The van der Waals surface area contributed by atoms with Crippen LogP contribution >= 0.6 is 11.3 Å². The Bertz CT molecular complexity index is 455. The van der Waals surface area contributed by atoms with Gasteiger partial charge in [0.15, 0.2) is 5.82 Å². The third-order valence-electron chi connectivity index (χ3n) is 2.18. The van der Waals surface area contributed by atoms with Crippen molar-refractivity contribution in [1.82, 2.24) is 9.97 Å². The zero-order valence-corrected chi connectivity index (χ0v) is 9.57. The number of hydrogen-bond donors (Lipinski definition) is 1. The van der Waals surface area contributed by atoms with Crippen molar-refractivity contribution >= 4 is 23.1 Å². The van der Waals surface area contributed by atoms with E-state index in [0.29, 0.717) is 5.82 Å². The first kappa shape index (κ1) is 10.8. The quantitative estimate of drug-likeness (QED) is 0.884. The van der Waals surface area contributed by atoms with Gasteiger partial charge in [0.05, 0.1) is 12.1 Å². The number of carbonyl (C=O) groups excluding carboxylic acids is 1. The summed E-state index contributed by atoms with van der Waals surface area (Å²) in [6.07, 6.45) is 4.64. The van der Waals surface area contributed by atoms with Crippen LogP contribution in [-0.2, 0) is 4.79 Å². The Kier molecular flexibility index (Phi) is 3.26. The number of hydrogen-bond acceptors (Lipinski definition) is 4. The summed E-state index contributed by atoms with van der Waals surface area (Å²) in [5.41, 5.74) is 0. The molecule has 5 heteroatoms. The van der Waals surface area contributed by atoms with Gasteiger partial charge >= 0.3 is 0 Å². The minimum Gasteiger partial charge on any atom is -0.309 e. The van der Waals surface area contributed by atoms with Crippen molar-refractivity contribution in [2.75, 3.05) is 5.32 Å². The van der Waals surface area contributed by atoms with E-state index < -0.39 is 0 Å². The molecule has 0 radical (unpaired) electrons. The molecule has 1 amide bonds. The van der Waals surface area contributed by atoms with Gasteiger partial charge in [-0.3, -0.25) is 9.78 Å². The molecule has 0 aliphatic heterocycles. The zero-order chi connectivity index (χ0) is 11.4. The summed E-state index contributed by atoms with van der Waals surface area (Å²) >= 11 is 1.57. The number of carbonyl (C=O) groups is 1. The lowest BCUT2D eigenvalue weighted by Crippen LogP contribution is -2.18. The SMILES string of the molecule is C[C@H](C(=O)Nc1cnccn1)c1cccs1. The minimum absolute atomic E-state index is 0.0667. The first-order valence-electron chi connectivity index (χ1n) is 4.87. The maximum Gasteiger partial charge on any atom is 0.233 e. The number of nitrogens with zero attached hydrogens (tertiary/aromatic N) is 2. The fourth-order valence-electron chi connectivity index (χ4n) is 1.26. The molecule has 82 valence electrons. The second-order valence-electron chi connectivity index (χ2n) is 3.32. The van der Waals surface area contributed by atoms with Crippen molar-refractivity contribution in [3.05, 3.63) is 41.0 Å². The van der Waals surface area contributed by atoms with Crippen LogP contribution in [0.2, 0.25) is 0 Å². The third kappa shape index (κ3) is 2.43. The Morgan fingerprint density at radius 1 is 1.50 bits per heavy atom. The van der Waals surface area contributed by atoms with Crippen molar-refractivity contribution in [3.8, 4) is 0 Å². The predicted molar refractivity (Wildman–Crippen MR) is 63.4 cm³/mol. The predicted octanol–water partition coefficient (Wildman–Crippen LogP) is 2.28. The lowest BCUT2D eigenvalue weighted by atomic mass is 10.1. The van der Waals surface area contributed by atoms with Gasteiger partial charge in [-0.2, -0.15) is 0 Å². The zero-order valence-electron chi connectivity index (χ0n) is 8.75. The van der Waals surface area contributed by atoms with Crippen LogP contribution in [0.25, 0.3) is 0 Å².